The van der Waals surface area contributed by atoms with E-state index < -0.39 is 10.0 Å². The maximum atomic E-state index is 13.1. The van der Waals surface area contributed by atoms with Crippen LogP contribution in [0.25, 0.3) is 10.9 Å². The number of aryl methyl sites for hydroxylation is 2. The molecule has 0 saturated heterocycles. The maximum Gasteiger partial charge on any atom is 0.268 e. The second-order valence-corrected chi connectivity index (χ2v) is 7.88. The Bertz CT molecular complexity index is 977. The summed E-state index contributed by atoms with van der Waals surface area (Å²) in [6.07, 6.45) is 1.74. The van der Waals surface area contributed by atoms with Crippen LogP contribution in [0.2, 0.25) is 0 Å². The highest BCUT2D eigenvalue weighted by Crippen LogP contribution is 2.27. The fourth-order valence-electron chi connectivity index (χ4n) is 2.80. The summed E-state index contributed by atoms with van der Waals surface area (Å²) in [7, 11) is -3.61. The molecule has 0 unspecified atom stereocenters. The zero-order chi connectivity index (χ0) is 17.3. The molecule has 3 rings (SSSR count). The summed E-state index contributed by atoms with van der Waals surface area (Å²) in [6.45, 7) is 7.43. The molecule has 0 aliphatic carbocycles. The van der Waals surface area contributed by atoms with Gasteiger partial charge in [-0.15, -0.1) is 12.4 Å². The van der Waals surface area contributed by atoms with Gasteiger partial charge in [-0.3, -0.25) is 0 Å². The molecule has 134 valence electrons. The van der Waals surface area contributed by atoms with E-state index >= 15 is 0 Å². The van der Waals surface area contributed by atoms with E-state index in [4.69, 9.17) is 0 Å². The van der Waals surface area contributed by atoms with Crippen LogP contribution in [0.5, 0.6) is 0 Å². The van der Waals surface area contributed by atoms with E-state index in [1.54, 1.807) is 18.3 Å². The van der Waals surface area contributed by atoms with Gasteiger partial charge in [-0.2, -0.15) is 0 Å². The number of fused-ring (bicyclic) bond motifs is 1. The Hall–Kier alpha value is -1.82. The van der Waals surface area contributed by atoms with Crippen LogP contribution in [0.1, 0.15) is 23.6 Å². The largest absolute Gasteiger partial charge is 0.313 e. The molecule has 25 heavy (non-hydrogen) atoms. The molecule has 0 saturated carbocycles. The first-order chi connectivity index (χ1) is 11.4. The molecular formula is C19H23ClN2O2S. The summed E-state index contributed by atoms with van der Waals surface area (Å²) in [5.41, 5.74) is 3.79. The molecular weight excluding hydrogens is 356 g/mol. The van der Waals surface area contributed by atoms with Crippen molar-refractivity contribution in [1.29, 1.82) is 0 Å². The minimum Gasteiger partial charge on any atom is -0.313 e. The average molecular weight is 379 g/mol. The number of halogens is 1. The molecule has 1 aromatic heterocycles. The van der Waals surface area contributed by atoms with Gasteiger partial charge in [0.15, 0.2) is 0 Å². The first kappa shape index (κ1) is 19.5. The Morgan fingerprint density at radius 3 is 2.28 bits per heavy atom. The third-order valence-electron chi connectivity index (χ3n) is 4.15. The van der Waals surface area contributed by atoms with Crippen molar-refractivity contribution in [2.45, 2.75) is 32.2 Å². The second-order valence-electron chi connectivity index (χ2n) is 6.07. The van der Waals surface area contributed by atoms with Crippen LogP contribution in [0, 0.1) is 13.8 Å². The van der Waals surface area contributed by atoms with E-state index in [-0.39, 0.29) is 12.4 Å². The molecule has 2 aromatic carbocycles. The summed E-state index contributed by atoms with van der Waals surface area (Å²) in [5.74, 6) is 0. The molecule has 0 spiro atoms. The summed E-state index contributed by atoms with van der Waals surface area (Å²) in [5, 5.41) is 4.24. The first-order valence-electron chi connectivity index (χ1n) is 8.07. The number of aromatic nitrogens is 1. The highest BCUT2D eigenvalue weighted by molar-refractivity contribution is 7.90. The Kier molecular flexibility index (Phi) is 5.93. The molecule has 0 radical (unpaired) electrons. The molecule has 4 nitrogen and oxygen atoms in total. The van der Waals surface area contributed by atoms with Gasteiger partial charge in [0, 0.05) is 18.1 Å². The predicted molar refractivity (Wildman–Crippen MR) is 105 cm³/mol. The Morgan fingerprint density at radius 2 is 1.64 bits per heavy atom. The summed E-state index contributed by atoms with van der Waals surface area (Å²) >= 11 is 0. The van der Waals surface area contributed by atoms with E-state index in [0.717, 1.165) is 34.1 Å². The Morgan fingerprint density at radius 1 is 1.00 bits per heavy atom. The van der Waals surface area contributed by atoms with E-state index in [9.17, 15) is 8.42 Å². The van der Waals surface area contributed by atoms with Gasteiger partial charge in [-0.1, -0.05) is 36.8 Å². The quantitative estimate of drug-likeness (QED) is 0.729. The number of hydrogen-bond acceptors (Lipinski definition) is 3. The van der Waals surface area contributed by atoms with Gasteiger partial charge in [0.2, 0.25) is 0 Å². The first-order valence-corrected chi connectivity index (χ1v) is 9.51. The van der Waals surface area contributed by atoms with Crippen molar-refractivity contribution in [3.63, 3.8) is 0 Å². The fourth-order valence-corrected chi connectivity index (χ4v) is 4.18. The third kappa shape index (κ3) is 3.73. The second kappa shape index (κ2) is 7.60. The van der Waals surface area contributed by atoms with Crippen molar-refractivity contribution in [2.24, 2.45) is 0 Å². The van der Waals surface area contributed by atoms with Gasteiger partial charge in [0.1, 0.15) is 0 Å². The molecule has 6 heteroatoms. The summed E-state index contributed by atoms with van der Waals surface area (Å²) in [6, 6.07) is 12.9. The fraction of sp³-hybridized carbons (Fsp3) is 0.263. The maximum absolute atomic E-state index is 13.1. The summed E-state index contributed by atoms with van der Waals surface area (Å²) in [4.78, 5) is 0.307. The van der Waals surface area contributed by atoms with Crippen molar-refractivity contribution in [2.75, 3.05) is 6.54 Å². The van der Waals surface area contributed by atoms with E-state index in [1.807, 2.05) is 51.1 Å². The molecule has 0 amide bonds. The van der Waals surface area contributed by atoms with Crippen molar-refractivity contribution >= 4 is 33.3 Å². The van der Waals surface area contributed by atoms with E-state index in [1.165, 1.54) is 3.97 Å². The Labute approximate surface area is 155 Å². The normalized spacial score (nSPS) is 11.5. The predicted octanol–water partition coefficient (Wildman–Crippen LogP) is 4.03. The molecule has 1 heterocycles. The van der Waals surface area contributed by atoms with Gasteiger partial charge in [-0.25, -0.2) is 12.4 Å². The van der Waals surface area contributed by atoms with Crippen LogP contribution in [-0.4, -0.2) is 18.9 Å². The van der Waals surface area contributed by atoms with Gasteiger partial charge in [0.05, 0.1) is 10.4 Å². The highest BCUT2D eigenvalue weighted by Gasteiger charge is 2.21. The van der Waals surface area contributed by atoms with Gasteiger partial charge in [-0.05, 0) is 49.7 Å². The van der Waals surface area contributed by atoms with Crippen LogP contribution in [0.3, 0.4) is 0 Å². The van der Waals surface area contributed by atoms with Crippen LogP contribution < -0.4 is 5.32 Å². The number of nitrogens with one attached hydrogen (secondary N) is 1. The van der Waals surface area contributed by atoms with Crippen LogP contribution in [0.15, 0.2) is 53.6 Å². The third-order valence-corrected chi connectivity index (χ3v) is 5.84. The van der Waals surface area contributed by atoms with Crippen LogP contribution in [-0.2, 0) is 16.6 Å². The monoisotopic (exact) mass is 378 g/mol. The van der Waals surface area contributed by atoms with Crippen molar-refractivity contribution < 1.29 is 8.42 Å². The molecule has 0 bridgehead atoms. The smallest absolute Gasteiger partial charge is 0.268 e. The number of benzene rings is 2. The molecule has 3 aromatic rings. The van der Waals surface area contributed by atoms with Crippen molar-refractivity contribution in [3.05, 3.63) is 65.4 Å². The van der Waals surface area contributed by atoms with Crippen molar-refractivity contribution in [1.82, 2.24) is 9.29 Å². The number of rotatable bonds is 5. The number of nitrogens with zero attached hydrogens (tertiary/aromatic N) is 1. The zero-order valence-electron chi connectivity index (χ0n) is 14.6. The lowest BCUT2D eigenvalue weighted by Gasteiger charge is -2.08. The SMILES string of the molecule is CCNCc1cn(S(=O)(=O)c2ccc(C)cc2)c2cc(C)ccc12.Cl. The minimum absolute atomic E-state index is 0. The highest BCUT2D eigenvalue weighted by atomic mass is 35.5. The lowest BCUT2D eigenvalue weighted by Crippen LogP contribution is -2.13. The molecule has 0 aliphatic heterocycles. The Balaban J connectivity index is 0.00000225. The van der Waals surface area contributed by atoms with Gasteiger partial charge in [0.25, 0.3) is 10.0 Å². The van der Waals surface area contributed by atoms with Crippen LogP contribution >= 0.6 is 12.4 Å². The number of hydrogen-bond donors (Lipinski definition) is 1. The van der Waals surface area contributed by atoms with E-state index in [0.29, 0.717) is 11.4 Å². The van der Waals surface area contributed by atoms with Crippen molar-refractivity contribution in [3.8, 4) is 0 Å². The molecule has 0 aliphatic rings. The standard InChI is InChI=1S/C19H22N2O2S.ClH/c1-4-20-12-16-13-21(19-11-15(3)7-10-18(16)19)24(22,23)17-8-5-14(2)6-9-17;/h5-11,13,20H,4,12H2,1-3H3;1H. The topological polar surface area (TPSA) is 51.1 Å². The minimum atomic E-state index is -3.61. The van der Waals surface area contributed by atoms with Crippen LogP contribution in [0.4, 0.5) is 0 Å². The zero-order valence-corrected chi connectivity index (χ0v) is 16.2. The van der Waals surface area contributed by atoms with Gasteiger partial charge >= 0.3 is 0 Å². The lowest BCUT2D eigenvalue weighted by molar-refractivity contribution is 0.589. The summed E-state index contributed by atoms with van der Waals surface area (Å²) < 4.78 is 27.6. The molecule has 1 N–H and O–H groups in total. The van der Waals surface area contributed by atoms with E-state index in [2.05, 4.69) is 5.32 Å². The molecule has 0 fully saturated rings. The molecule has 0 atom stereocenters. The average Bonchev–Trinajstić information content (AvgIpc) is 2.91. The lowest BCUT2D eigenvalue weighted by atomic mass is 10.1. The van der Waals surface area contributed by atoms with Gasteiger partial charge < -0.3 is 5.32 Å².